The van der Waals surface area contributed by atoms with E-state index in [-0.39, 0.29) is 4.32 Å². The van der Waals surface area contributed by atoms with E-state index in [1.165, 1.54) is 11.1 Å². The fourth-order valence-electron chi connectivity index (χ4n) is 1.14. The van der Waals surface area contributed by atoms with Crippen LogP contribution in [-0.2, 0) is 4.32 Å². The lowest BCUT2D eigenvalue weighted by Gasteiger charge is -2.17. The van der Waals surface area contributed by atoms with Crippen LogP contribution in [-0.4, -0.2) is 0 Å². The van der Waals surface area contributed by atoms with Crippen LogP contribution in [0.4, 0.5) is 0 Å². The van der Waals surface area contributed by atoms with E-state index in [1.807, 2.05) is 0 Å². The lowest BCUT2D eigenvalue weighted by Crippen LogP contribution is -2.06. The Labute approximate surface area is 97.0 Å². The third-order valence-electron chi connectivity index (χ3n) is 2.06. The first-order valence-electron chi connectivity index (χ1n) is 4.34. The molecule has 1 unspecified atom stereocenters. The SMILES string of the molecule is CC(Br)c1ccc(C(C)(C)Br)cc1. The summed E-state index contributed by atoms with van der Waals surface area (Å²) in [6.07, 6.45) is 0. The van der Waals surface area contributed by atoms with Gasteiger partial charge < -0.3 is 0 Å². The van der Waals surface area contributed by atoms with Crippen molar-refractivity contribution in [1.82, 2.24) is 0 Å². The second-order valence-electron chi connectivity index (χ2n) is 3.71. The van der Waals surface area contributed by atoms with E-state index in [2.05, 4.69) is 76.9 Å². The van der Waals surface area contributed by atoms with Crippen molar-refractivity contribution >= 4 is 31.9 Å². The Morgan fingerprint density at radius 3 is 1.92 bits per heavy atom. The Kier molecular flexibility index (Phi) is 3.58. The summed E-state index contributed by atoms with van der Waals surface area (Å²) in [6.45, 7) is 6.44. The van der Waals surface area contributed by atoms with Gasteiger partial charge in [-0.2, -0.15) is 0 Å². The molecule has 1 aromatic carbocycles. The zero-order valence-electron chi connectivity index (χ0n) is 8.14. The largest absolute Gasteiger partial charge is 0.0842 e. The third-order valence-corrected chi connectivity index (χ3v) is 3.04. The van der Waals surface area contributed by atoms with Gasteiger partial charge in [-0.05, 0) is 31.9 Å². The molecule has 1 aromatic rings. The highest BCUT2D eigenvalue weighted by atomic mass is 79.9. The number of hydrogen-bond donors (Lipinski definition) is 0. The Morgan fingerprint density at radius 1 is 1.15 bits per heavy atom. The topological polar surface area (TPSA) is 0 Å². The van der Waals surface area contributed by atoms with E-state index >= 15 is 0 Å². The van der Waals surface area contributed by atoms with Gasteiger partial charge in [0, 0.05) is 9.15 Å². The number of benzene rings is 1. The normalized spacial score (nSPS) is 14.2. The molecule has 0 saturated heterocycles. The fraction of sp³-hybridized carbons (Fsp3) is 0.455. The molecule has 0 aliphatic heterocycles. The molecule has 2 heteroatoms. The summed E-state index contributed by atoms with van der Waals surface area (Å²) < 4.78 is 0.0705. The van der Waals surface area contributed by atoms with E-state index in [1.54, 1.807) is 0 Å². The van der Waals surface area contributed by atoms with Crippen molar-refractivity contribution in [1.29, 1.82) is 0 Å². The Morgan fingerprint density at radius 2 is 1.62 bits per heavy atom. The maximum Gasteiger partial charge on any atom is 0.0449 e. The van der Waals surface area contributed by atoms with Crippen molar-refractivity contribution in [3.8, 4) is 0 Å². The molecule has 0 N–H and O–H groups in total. The highest BCUT2D eigenvalue weighted by Crippen LogP contribution is 2.31. The molecule has 0 nitrogen and oxygen atoms in total. The van der Waals surface area contributed by atoms with Crippen LogP contribution >= 0.6 is 31.9 Å². The Balaban J connectivity index is 2.94. The highest BCUT2D eigenvalue weighted by molar-refractivity contribution is 9.09. The van der Waals surface area contributed by atoms with Crippen molar-refractivity contribution in [2.24, 2.45) is 0 Å². The molecule has 13 heavy (non-hydrogen) atoms. The molecular weight excluding hydrogens is 292 g/mol. The predicted octanol–water partition coefficient (Wildman–Crippen LogP) is 4.77. The van der Waals surface area contributed by atoms with Crippen LogP contribution in [0.3, 0.4) is 0 Å². The Hall–Kier alpha value is 0.180. The summed E-state index contributed by atoms with van der Waals surface area (Å²) in [5.41, 5.74) is 2.63. The van der Waals surface area contributed by atoms with E-state index < -0.39 is 0 Å². The minimum absolute atomic E-state index is 0.0705. The van der Waals surface area contributed by atoms with Gasteiger partial charge in [0.05, 0.1) is 0 Å². The summed E-state index contributed by atoms with van der Waals surface area (Å²) >= 11 is 7.18. The molecule has 0 aliphatic rings. The molecule has 0 amide bonds. The fourth-order valence-corrected chi connectivity index (χ4v) is 1.71. The second kappa shape index (κ2) is 4.14. The van der Waals surface area contributed by atoms with Crippen LogP contribution in [0.15, 0.2) is 24.3 Å². The molecule has 0 spiro atoms. The molecule has 0 radical (unpaired) electrons. The third kappa shape index (κ3) is 3.10. The Bertz CT molecular complexity index is 267. The first-order chi connectivity index (χ1) is 5.91. The molecular formula is C11H14Br2. The van der Waals surface area contributed by atoms with Crippen LogP contribution in [0, 0.1) is 0 Å². The molecule has 0 heterocycles. The number of rotatable bonds is 2. The van der Waals surface area contributed by atoms with Gasteiger partial charge in [0.25, 0.3) is 0 Å². The van der Waals surface area contributed by atoms with Crippen LogP contribution in [0.2, 0.25) is 0 Å². The average Bonchev–Trinajstić information content (AvgIpc) is 2.03. The van der Waals surface area contributed by atoms with Crippen molar-refractivity contribution in [2.45, 2.75) is 29.9 Å². The summed E-state index contributed by atoms with van der Waals surface area (Å²) in [4.78, 5) is 0.431. The highest BCUT2D eigenvalue weighted by Gasteiger charge is 2.15. The van der Waals surface area contributed by atoms with Crippen LogP contribution in [0.1, 0.15) is 36.7 Å². The monoisotopic (exact) mass is 304 g/mol. The molecule has 72 valence electrons. The van der Waals surface area contributed by atoms with Gasteiger partial charge in [-0.25, -0.2) is 0 Å². The van der Waals surface area contributed by atoms with Crippen LogP contribution in [0.5, 0.6) is 0 Å². The molecule has 0 aliphatic carbocycles. The molecule has 0 saturated carbocycles. The molecule has 0 bridgehead atoms. The summed E-state index contributed by atoms with van der Waals surface area (Å²) in [5, 5.41) is 0. The van der Waals surface area contributed by atoms with Gasteiger partial charge >= 0.3 is 0 Å². The number of halogens is 2. The van der Waals surface area contributed by atoms with Crippen LogP contribution < -0.4 is 0 Å². The van der Waals surface area contributed by atoms with Crippen molar-refractivity contribution in [3.05, 3.63) is 35.4 Å². The van der Waals surface area contributed by atoms with Gasteiger partial charge in [-0.15, -0.1) is 0 Å². The van der Waals surface area contributed by atoms with E-state index in [9.17, 15) is 0 Å². The number of alkyl halides is 2. The van der Waals surface area contributed by atoms with E-state index in [4.69, 9.17) is 0 Å². The van der Waals surface area contributed by atoms with E-state index in [0.717, 1.165) is 0 Å². The minimum Gasteiger partial charge on any atom is -0.0842 e. The standard InChI is InChI=1S/C11H14Br2/c1-8(12)9-4-6-10(7-5-9)11(2,3)13/h4-8H,1-3H3. The summed E-state index contributed by atoms with van der Waals surface area (Å²) in [5.74, 6) is 0. The van der Waals surface area contributed by atoms with Crippen LogP contribution in [0.25, 0.3) is 0 Å². The van der Waals surface area contributed by atoms with E-state index in [0.29, 0.717) is 4.83 Å². The van der Waals surface area contributed by atoms with Gasteiger partial charge in [-0.3, -0.25) is 0 Å². The van der Waals surface area contributed by atoms with Crippen molar-refractivity contribution in [3.63, 3.8) is 0 Å². The maximum atomic E-state index is 3.64. The zero-order valence-corrected chi connectivity index (χ0v) is 11.3. The number of hydrogen-bond acceptors (Lipinski definition) is 0. The lowest BCUT2D eigenvalue weighted by atomic mass is 10.0. The smallest absolute Gasteiger partial charge is 0.0449 e. The van der Waals surface area contributed by atoms with Gasteiger partial charge in [0.2, 0.25) is 0 Å². The molecule has 1 atom stereocenters. The second-order valence-corrected chi connectivity index (χ2v) is 7.07. The zero-order chi connectivity index (χ0) is 10.1. The summed E-state index contributed by atoms with van der Waals surface area (Å²) in [7, 11) is 0. The van der Waals surface area contributed by atoms with Gasteiger partial charge in [0.1, 0.15) is 0 Å². The van der Waals surface area contributed by atoms with Gasteiger partial charge in [0.15, 0.2) is 0 Å². The lowest BCUT2D eigenvalue weighted by molar-refractivity contribution is 0.802. The minimum atomic E-state index is 0.0705. The summed E-state index contributed by atoms with van der Waals surface area (Å²) in [6, 6.07) is 8.67. The first-order valence-corrected chi connectivity index (χ1v) is 6.05. The van der Waals surface area contributed by atoms with Crippen molar-refractivity contribution in [2.75, 3.05) is 0 Å². The molecule has 1 rings (SSSR count). The quantitative estimate of drug-likeness (QED) is 0.690. The molecule has 0 fully saturated rings. The predicted molar refractivity (Wildman–Crippen MR) is 65.7 cm³/mol. The van der Waals surface area contributed by atoms with Gasteiger partial charge in [-0.1, -0.05) is 56.1 Å². The average molecular weight is 306 g/mol. The molecule has 0 aromatic heterocycles. The maximum absolute atomic E-state index is 3.64. The first kappa shape index (κ1) is 11.3. The van der Waals surface area contributed by atoms with Crippen molar-refractivity contribution < 1.29 is 0 Å².